The molecule has 0 aliphatic rings. The van der Waals surface area contributed by atoms with Crippen molar-refractivity contribution in [3.63, 3.8) is 0 Å². The number of hydrogen-bond donors (Lipinski definition) is 2. The van der Waals surface area contributed by atoms with Gasteiger partial charge in [0.15, 0.2) is 5.13 Å². The number of carbonyl (C=O) groups excluding carboxylic acids is 1. The van der Waals surface area contributed by atoms with Gasteiger partial charge >= 0.3 is 0 Å². The normalized spacial score (nSPS) is 10.1. The van der Waals surface area contributed by atoms with Gasteiger partial charge in [-0.25, -0.2) is 4.98 Å². The van der Waals surface area contributed by atoms with Crippen molar-refractivity contribution in [3.8, 4) is 0 Å². The average Bonchev–Trinajstić information content (AvgIpc) is 2.72. The summed E-state index contributed by atoms with van der Waals surface area (Å²) in [6.45, 7) is 1.32. The number of ether oxygens (including phenoxy) is 1. The summed E-state index contributed by atoms with van der Waals surface area (Å²) < 4.78 is 4.89. The van der Waals surface area contributed by atoms with Gasteiger partial charge in [-0.2, -0.15) is 0 Å². The maximum absolute atomic E-state index is 11.5. The molecule has 0 aromatic carbocycles. The molecule has 16 heavy (non-hydrogen) atoms. The minimum Gasteiger partial charge on any atom is -0.385 e. The molecule has 5 nitrogen and oxygen atoms in total. The Balaban J connectivity index is 2.23. The van der Waals surface area contributed by atoms with E-state index in [4.69, 9.17) is 4.74 Å². The molecule has 1 amide bonds. The van der Waals surface area contributed by atoms with Crippen LogP contribution >= 0.6 is 11.3 Å². The zero-order chi connectivity index (χ0) is 11.8. The topological polar surface area (TPSA) is 63.2 Å². The first kappa shape index (κ1) is 12.9. The summed E-state index contributed by atoms with van der Waals surface area (Å²) in [6.07, 6.45) is 1.17. The molecule has 0 unspecified atom stereocenters. The number of amides is 1. The van der Waals surface area contributed by atoms with Crippen molar-refractivity contribution in [1.29, 1.82) is 0 Å². The summed E-state index contributed by atoms with van der Waals surface area (Å²) in [5, 5.41) is 8.48. The third-order valence-corrected chi connectivity index (χ3v) is 2.86. The number of nitrogens with zero attached hydrogens (tertiary/aromatic N) is 1. The number of carbonyl (C=O) groups is 1. The molecule has 0 bridgehead atoms. The van der Waals surface area contributed by atoms with Crippen LogP contribution in [0.2, 0.25) is 0 Å². The van der Waals surface area contributed by atoms with Crippen molar-refractivity contribution in [2.24, 2.45) is 0 Å². The standard InChI is InChI=1S/C10H17N3O2S/c1-11-10-13-8(7-16-10)6-9(14)12-4-3-5-15-2/h7H,3-6H2,1-2H3,(H,11,13)(H,12,14). The number of thiazole rings is 1. The van der Waals surface area contributed by atoms with Crippen molar-refractivity contribution < 1.29 is 9.53 Å². The fourth-order valence-electron chi connectivity index (χ4n) is 1.17. The second-order valence-corrected chi connectivity index (χ2v) is 4.13. The summed E-state index contributed by atoms with van der Waals surface area (Å²) in [7, 11) is 3.46. The molecular weight excluding hydrogens is 226 g/mol. The van der Waals surface area contributed by atoms with Crippen molar-refractivity contribution in [2.75, 3.05) is 32.6 Å². The maximum Gasteiger partial charge on any atom is 0.226 e. The third-order valence-electron chi connectivity index (χ3n) is 1.95. The number of methoxy groups -OCH3 is 1. The first-order valence-electron chi connectivity index (χ1n) is 5.14. The summed E-state index contributed by atoms with van der Waals surface area (Å²) in [5.41, 5.74) is 0.804. The Morgan fingerprint density at radius 3 is 3.06 bits per heavy atom. The molecule has 0 saturated carbocycles. The smallest absolute Gasteiger partial charge is 0.226 e. The van der Waals surface area contributed by atoms with Crippen LogP contribution in [-0.4, -0.2) is 38.2 Å². The Morgan fingerprint density at radius 1 is 1.62 bits per heavy atom. The zero-order valence-corrected chi connectivity index (χ0v) is 10.4. The Labute approximate surface area is 99.2 Å². The lowest BCUT2D eigenvalue weighted by atomic mass is 10.3. The molecule has 0 saturated heterocycles. The second kappa shape index (κ2) is 7.19. The van der Waals surface area contributed by atoms with E-state index in [2.05, 4.69) is 15.6 Å². The predicted molar refractivity (Wildman–Crippen MR) is 64.9 cm³/mol. The zero-order valence-electron chi connectivity index (χ0n) is 9.58. The fraction of sp³-hybridized carbons (Fsp3) is 0.600. The van der Waals surface area contributed by atoms with Crippen molar-refractivity contribution in [2.45, 2.75) is 12.8 Å². The minimum atomic E-state index is 0.00376. The highest BCUT2D eigenvalue weighted by molar-refractivity contribution is 7.13. The molecule has 1 heterocycles. The average molecular weight is 243 g/mol. The second-order valence-electron chi connectivity index (χ2n) is 3.27. The quantitative estimate of drug-likeness (QED) is 0.698. The van der Waals surface area contributed by atoms with Gasteiger partial charge in [-0.1, -0.05) is 0 Å². The largest absolute Gasteiger partial charge is 0.385 e. The molecular formula is C10H17N3O2S. The van der Waals surface area contributed by atoms with Gasteiger partial charge in [-0.05, 0) is 6.42 Å². The molecule has 2 N–H and O–H groups in total. The van der Waals surface area contributed by atoms with E-state index in [0.717, 1.165) is 17.2 Å². The number of hydrogen-bond acceptors (Lipinski definition) is 5. The molecule has 1 aromatic heterocycles. The minimum absolute atomic E-state index is 0.00376. The molecule has 1 aromatic rings. The van der Waals surface area contributed by atoms with Crippen LogP contribution in [0.4, 0.5) is 5.13 Å². The van der Waals surface area contributed by atoms with Crippen LogP contribution in [0.3, 0.4) is 0 Å². The van der Waals surface area contributed by atoms with Gasteiger partial charge in [0, 0.05) is 32.7 Å². The van der Waals surface area contributed by atoms with Gasteiger partial charge < -0.3 is 15.4 Å². The molecule has 0 aliphatic carbocycles. The summed E-state index contributed by atoms with van der Waals surface area (Å²) in [4.78, 5) is 15.7. The SMILES string of the molecule is CNc1nc(CC(=O)NCCCOC)cs1. The molecule has 6 heteroatoms. The summed E-state index contributed by atoms with van der Waals surface area (Å²) in [6, 6.07) is 0. The van der Waals surface area contributed by atoms with Crippen LogP contribution in [0.5, 0.6) is 0 Å². The molecule has 0 aliphatic heterocycles. The monoisotopic (exact) mass is 243 g/mol. The number of rotatable bonds is 7. The Hall–Kier alpha value is -1.14. The lowest BCUT2D eigenvalue weighted by molar-refractivity contribution is -0.120. The van der Waals surface area contributed by atoms with Gasteiger partial charge in [0.1, 0.15) is 0 Å². The van der Waals surface area contributed by atoms with Crippen molar-refractivity contribution in [3.05, 3.63) is 11.1 Å². The molecule has 0 atom stereocenters. The van der Waals surface area contributed by atoms with E-state index in [1.54, 1.807) is 7.11 Å². The highest BCUT2D eigenvalue weighted by Gasteiger charge is 2.06. The van der Waals surface area contributed by atoms with Crippen LogP contribution in [0.15, 0.2) is 5.38 Å². The van der Waals surface area contributed by atoms with Crippen LogP contribution in [0.25, 0.3) is 0 Å². The van der Waals surface area contributed by atoms with Gasteiger partial charge in [-0.15, -0.1) is 11.3 Å². The van der Waals surface area contributed by atoms with E-state index in [0.29, 0.717) is 19.6 Å². The van der Waals surface area contributed by atoms with Gasteiger partial charge in [0.25, 0.3) is 0 Å². The van der Waals surface area contributed by atoms with Crippen LogP contribution in [0.1, 0.15) is 12.1 Å². The van der Waals surface area contributed by atoms with Crippen LogP contribution in [-0.2, 0) is 16.0 Å². The Morgan fingerprint density at radius 2 is 2.44 bits per heavy atom. The molecule has 90 valence electrons. The van der Waals surface area contributed by atoms with E-state index in [9.17, 15) is 4.79 Å². The van der Waals surface area contributed by atoms with E-state index in [-0.39, 0.29) is 5.91 Å². The van der Waals surface area contributed by atoms with Crippen LogP contribution in [0, 0.1) is 0 Å². The Bertz CT molecular complexity index is 328. The molecule has 0 spiro atoms. The fourth-order valence-corrected chi connectivity index (χ4v) is 1.85. The van der Waals surface area contributed by atoms with E-state index >= 15 is 0 Å². The highest BCUT2D eigenvalue weighted by Crippen LogP contribution is 2.14. The number of anilines is 1. The predicted octanol–water partition coefficient (Wildman–Crippen LogP) is 0.880. The van der Waals surface area contributed by atoms with E-state index in [1.165, 1.54) is 11.3 Å². The summed E-state index contributed by atoms with van der Waals surface area (Å²) in [5.74, 6) is 0.00376. The first-order chi connectivity index (χ1) is 7.76. The van der Waals surface area contributed by atoms with Crippen molar-refractivity contribution in [1.82, 2.24) is 10.3 Å². The molecule has 0 fully saturated rings. The number of aromatic nitrogens is 1. The maximum atomic E-state index is 11.5. The highest BCUT2D eigenvalue weighted by atomic mass is 32.1. The van der Waals surface area contributed by atoms with E-state index in [1.807, 2.05) is 12.4 Å². The van der Waals surface area contributed by atoms with Gasteiger partial charge in [0.05, 0.1) is 12.1 Å². The lowest BCUT2D eigenvalue weighted by Crippen LogP contribution is -2.26. The van der Waals surface area contributed by atoms with Gasteiger partial charge in [0.2, 0.25) is 5.91 Å². The van der Waals surface area contributed by atoms with Crippen molar-refractivity contribution >= 4 is 22.4 Å². The lowest BCUT2D eigenvalue weighted by Gasteiger charge is -2.02. The van der Waals surface area contributed by atoms with Gasteiger partial charge in [-0.3, -0.25) is 4.79 Å². The number of nitrogens with one attached hydrogen (secondary N) is 2. The Kier molecular flexibility index (Phi) is 5.81. The first-order valence-corrected chi connectivity index (χ1v) is 6.02. The van der Waals surface area contributed by atoms with E-state index < -0.39 is 0 Å². The molecule has 0 radical (unpaired) electrons. The molecule has 1 rings (SSSR count). The third kappa shape index (κ3) is 4.59. The van der Waals surface area contributed by atoms with Crippen LogP contribution < -0.4 is 10.6 Å². The summed E-state index contributed by atoms with van der Waals surface area (Å²) >= 11 is 1.50.